The number of fused-ring (bicyclic) bond motifs is 1. The molecule has 0 saturated heterocycles. The number of methoxy groups -OCH3 is 1. The highest BCUT2D eigenvalue weighted by molar-refractivity contribution is 7.16. The van der Waals surface area contributed by atoms with E-state index < -0.39 is 0 Å². The number of thiazole rings is 1. The molecule has 0 bridgehead atoms. The average molecular weight is 269 g/mol. The van der Waals surface area contributed by atoms with Crippen LogP contribution in [0.3, 0.4) is 0 Å². The Hall–Kier alpha value is -2.20. The second-order valence-electron chi connectivity index (χ2n) is 4.05. The van der Waals surface area contributed by atoms with E-state index >= 15 is 0 Å². The molecule has 0 unspecified atom stereocenters. The topological polar surface area (TPSA) is 39.2 Å². The molecular formula is C15H11NO2S. The number of carbonyl (C=O) groups is 1. The van der Waals surface area contributed by atoms with E-state index in [0.717, 1.165) is 33.4 Å². The number of aldehydes is 1. The minimum absolute atomic E-state index is 0.616. The van der Waals surface area contributed by atoms with Crippen molar-refractivity contribution in [3.63, 3.8) is 0 Å². The molecule has 3 aromatic rings. The Morgan fingerprint density at radius 3 is 2.79 bits per heavy atom. The maximum absolute atomic E-state index is 10.8. The first-order chi connectivity index (χ1) is 9.33. The van der Waals surface area contributed by atoms with Crippen LogP contribution in [0.2, 0.25) is 0 Å². The molecule has 0 aliphatic heterocycles. The fourth-order valence-corrected chi connectivity index (χ4v) is 2.89. The Balaban J connectivity index is 2.33. The van der Waals surface area contributed by atoms with Crippen LogP contribution in [-0.2, 0) is 0 Å². The van der Waals surface area contributed by atoms with Gasteiger partial charge in [0.1, 0.15) is 10.8 Å². The summed E-state index contributed by atoms with van der Waals surface area (Å²) >= 11 is 1.37. The summed E-state index contributed by atoms with van der Waals surface area (Å²) < 4.78 is 5.43. The van der Waals surface area contributed by atoms with Gasteiger partial charge in [0.05, 0.1) is 17.6 Å². The molecule has 0 fully saturated rings. The van der Waals surface area contributed by atoms with Crippen LogP contribution in [0.4, 0.5) is 0 Å². The summed E-state index contributed by atoms with van der Waals surface area (Å²) in [5.41, 5.74) is 0.943. The average Bonchev–Trinajstić information content (AvgIpc) is 2.94. The number of nitrogens with zero attached hydrogens (tertiary/aromatic N) is 1. The lowest BCUT2D eigenvalue weighted by Crippen LogP contribution is -1.89. The summed E-state index contributed by atoms with van der Waals surface area (Å²) in [6, 6.07) is 12.0. The predicted octanol–water partition coefficient (Wildman–Crippen LogP) is 3.78. The first-order valence-electron chi connectivity index (χ1n) is 5.80. The van der Waals surface area contributed by atoms with Gasteiger partial charge in [0.15, 0.2) is 6.29 Å². The summed E-state index contributed by atoms with van der Waals surface area (Å²) in [6.45, 7) is 0. The van der Waals surface area contributed by atoms with Gasteiger partial charge < -0.3 is 4.74 Å². The SMILES string of the molecule is COc1ccc2ccccc2c1-c1ncc(C=O)s1. The maximum Gasteiger partial charge on any atom is 0.161 e. The van der Waals surface area contributed by atoms with Gasteiger partial charge in [-0.2, -0.15) is 0 Å². The molecule has 3 nitrogen and oxygen atoms in total. The Kier molecular flexibility index (Phi) is 3.01. The number of benzene rings is 2. The molecule has 3 rings (SSSR count). The summed E-state index contributed by atoms with van der Waals surface area (Å²) in [6.07, 6.45) is 2.41. The molecule has 2 aromatic carbocycles. The van der Waals surface area contributed by atoms with Crippen molar-refractivity contribution in [2.24, 2.45) is 0 Å². The molecule has 4 heteroatoms. The molecule has 0 spiro atoms. The lowest BCUT2D eigenvalue weighted by atomic mass is 10.0. The van der Waals surface area contributed by atoms with Crippen LogP contribution in [0.1, 0.15) is 9.67 Å². The van der Waals surface area contributed by atoms with E-state index in [1.807, 2.05) is 36.4 Å². The van der Waals surface area contributed by atoms with Crippen LogP contribution in [0.15, 0.2) is 42.6 Å². The third kappa shape index (κ3) is 2.00. The molecule has 0 saturated carbocycles. The van der Waals surface area contributed by atoms with E-state index in [2.05, 4.69) is 4.98 Å². The van der Waals surface area contributed by atoms with E-state index in [1.165, 1.54) is 11.3 Å². The summed E-state index contributed by atoms with van der Waals surface area (Å²) in [5.74, 6) is 0.769. The minimum atomic E-state index is 0.616. The molecule has 0 aliphatic rings. The van der Waals surface area contributed by atoms with Gasteiger partial charge in [-0.05, 0) is 16.8 Å². The van der Waals surface area contributed by atoms with E-state index in [1.54, 1.807) is 13.3 Å². The zero-order chi connectivity index (χ0) is 13.2. The van der Waals surface area contributed by atoms with Crippen LogP contribution in [0.5, 0.6) is 5.75 Å². The highest BCUT2D eigenvalue weighted by atomic mass is 32.1. The molecular weight excluding hydrogens is 258 g/mol. The molecule has 19 heavy (non-hydrogen) atoms. The number of aromatic nitrogens is 1. The second-order valence-corrected chi connectivity index (χ2v) is 5.11. The Morgan fingerprint density at radius 1 is 1.21 bits per heavy atom. The van der Waals surface area contributed by atoms with Crippen molar-refractivity contribution >= 4 is 28.4 Å². The molecule has 0 atom stereocenters. The van der Waals surface area contributed by atoms with Crippen molar-refractivity contribution in [2.45, 2.75) is 0 Å². The number of hydrogen-bond acceptors (Lipinski definition) is 4. The minimum Gasteiger partial charge on any atom is -0.496 e. The van der Waals surface area contributed by atoms with Crippen LogP contribution in [0, 0.1) is 0 Å². The van der Waals surface area contributed by atoms with Gasteiger partial charge >= 0.3 is 0 Å². The van der Waals surface area contributed by atoms with Gasteiger partial charge in [0.25, 0.3) is 0 Å². The van der Waals surface area contributed by atoms with Crippen LogP contribution >= 0.6 is 11.3 Å². The van der Waals surface area contributed by atoms with Crippen molar-refractivity contribution in [3.05, 3.63) is 47.5 Å². The third-order valence-corrected chi connectivity index (χ3v) is 3.90. The highest BCUT2D eigenvalue weighted by Gasteiger charge is 2.14. The fraction of sp³-hybridized carbons (Fsp3) is 0.0667. The van der Waals surface area contributed by atoms with Crippen molar-refractivity contribution in [1.82, 2.24) is 4.98 Å². The van der Waals surface area contributed by atoms with Crippen LogP contribution < -0.4 is 4.74 Å². The lowest BCUT2D eigenvalue weighted by molar-refractivity contribution is 0.112. The monoisotopic (exact) mass is 269 g/mol. The predicted molar refractivity (Wildman–Crippen MR) is 77.0 cm³/mol. The molecule has 1 heterocycles. The third-order valence-electron chi connectivity index (χ3n) is 2.96. The first kappa shape index (κ1) is 11.9. The van der Waals surface area contributed by atoms with E-state index in [0.29, 0.717) is 4.88 Å². The quantitative estimate of drug-likeness (QED) is 0.679. The van der Waals surface area contributed by atoms with Crippen LogP contribution in [-0.4, -0.2) is 18.4 Å². The molecule has 94 valence electrons. The standard InChI is InChI=1S/C15H11NO2S/c1-18-13-7-6-10-4-2-3-5-12(10)14(13)15-16-8-11(9-17)19-15/h2-9H,1H3. The Morgan fingerprint density at radius 2 is 2.05 bits per heavy atom. The lowest BCUT2D eigenvalue weighted by Gasteiger charge is -2.09. The van der Waals surface area contributed by atoms with E-state index in [9.17, 15) is 4.79 Å². The van der Waals surface area contributed by atoms with Gasteiger partial charge in [-0.3, -0.25) is 4.79 Å². The summed E-state index contributed by atoms with van der Waals surface area (Å²) in [5, 5.41) is 3.01. The molecule has 0 radical (unpaired) electrons. The Bertz CT molecular complexity index is 749. The molecule has 0 aliphatic carbocycles. The molecule has 0 N–H and O–H groups in total. The van der Waals surface area contributed by atoms with E-state index in [4.69, 9.17) is 4.74 Å². The zero-order valence-electron chi connectivity index (χ0n) is 10.3. The number of hydrogen-bond donors (Lipinski definition) is 0. The van der Waals surface area contributed by atoms with Gasteiger partial charge in [-0.15, -0.1) is 11.3 Å². The number of rotatable bonds is 3. The normalized spacial score (nSPS) is 10.6. The Labute approximate surface area is 114 Å². The smallest absolute Gasteiger partial charge is 0.161 e. The fourth-order valence-electron chi connectivity index (χ4n) is 2.10. The van der Waals surface area contributed by atoms with Crippen molar-refractivity contribution < 1.29 is 9.53 Å². The highest BCUT2D eigenvalue weighted by Crippen LogP contribution is 2.38. The maximum atomic E-state index is 10.8. The van der Waals surface area contributed by atoms with Gasteiger partial charge in [-0.25, -0.2) is 4.98 Å². The molecule has 1 aromatic heterocycles. The van der Waals surface area contributed by atoms with Crippen LogP contribution in [0.25, 0.3) is 21.3 Å². The second kappa shape index (κ2) is 4.82. The molecule has 0 amide bonds. The van der Waals surface area contributed by atoms with Crippen molar-refractivity contribution in [3.8, 4) is 16.3 Å². The van der Waals surface area contributed by atoms with Crippen molar-refractivity contribution in [2.75, 3.05) is 7.11 Å². The number of ether oxygens (including phenoxy) is 1. The zero-order valence-corrected chi connectivity index (χ0v) is 11.1. The first-order valence-corrected chi connectivity index (χ1v) is 6.62. The van der Waals surface area contributed by atoms with E-state index in [-0.39, 0.29) is 0 Å². The largest absolute Gasteiger partial charge is 0.496 e. The number of carbonyl (C=O) groups excluding carboxylic acids is 1. The summed E-state index contributed by atoms with van der Waals surface area (Å²) in [4.78, 5) is 15.7. The van der Waals surface area contributed by atoms with Crippen molar-refractivity contribution in [1.29, 1.82) is 0 Å². The van der Waals surface area contributed by atoms with Gasteiger partial charge in [-0.1, -0.05) is 30.3 Å². The van der Waals surface area contributed by atoms with Gasteiger partial charge in [0.2, 0.25) is 0 Å². The van der Waals surface area contributed by atoms with Gasteiger partial charge in [0, 0.05) is 6.20 Å². The summed E-state index contributed by atoms with van der Waals surface area (Å²) in [7, 11) is 1.64.